The average molecular weight is 334 g/mol. The van der Waals surface area contributed by atoms with Gasteiger partial charge in [-0.2, -0.15) is 0 Å². The van der Waals surface area contributed by atoms with Gasteiger partial charge in [-0.25, -0.2) is 9.67 Å². The zero-order chi connectivity index (χ0) is 16.2. The number of carbonyl (C=O) groups excluding carboxylic acids is 1. The number of nitrogens with zero attached hydrogens (tertiary/aromatic N) is 5. The first kappa shape index (κ1) is 16.0. The van der Waals surface area contributed by atoms with E-state index in [1.807, 2.05) is 6.92 Å². The van der Waals surface area contributed by atoms with Crippen molar-refractivity contribution >= 4 is 17.2 Å². The van der Waals surface area contributed by atoms with Gasteiger partial charge in [0.25, 0.3) is 0 Å². The molecule has 124 valence electrons. The molecule has 0 bridgehead atoms. The second-order valence-corrected chi connectivity index (χ2v) is 7.06. The van der Waals surface area contributed by atoms with Crippen LogP contribution in [0.25, 0.3) is 0 Å². The molecule has 3 rings (SSSR count). The average Bonchev–Trinajstić information content (AvgIpc) is 3.07. The lowest BCUT2D eigenvalue weighted by molar-refractivity contribution is -0.123. The summed E-state index contributed by atoms with van der Waals surface area (Å²) in [5.41, 5.74) is 1.02. The van der Waals surface area contributed by atoms with Gasteiger partial charge in [-0.1, -0.05) is 13.3 Å². The van der Waals surface area contributed by atoms with Gasteiger partial charge in [0.15, 0.2) is 5.82 Å². The highest BCUT2D eigenvalue weighted by Gasteiger charge is 2.28. The van der Waals surface area contributed by atoms with Gasteiger partial charge in [0.2, 0.25) is 5.91 Å². The Balaban J connectivity index is 1.66. The molecule has 0 radical (unpaired) electrons. The largest absolute Gasteiger partial charge is 0.351 e. The van der Waals surface area contributed by atoms with Crippen molar-refractivity contribution in [1.82, 2.24) is 30.5 Å². The third-order valence-corrected chi connectivity index (χ3v) is 5.34. The summed E-state index contributed by atoms with van der Waals surface area (Å²) in [4.78, 5) is 18.3. The van der Waals surface area contributed by atoms with Crippen LogP contribution in [0.3, 0.4) is 0 Å². The third-order valence-electron chi connectivity index (χ3n) is 4.12. The fraction of sp³-hybridized carbons (Fsp3) is 0.667. The molecule has 1 atom stereocenters. The predicted molar refractivity (Wildman–Crippen MR) is 87.1 cm³/mol. The topological polar surface area (TPSA) is 85.6 Å². The molecule has 0 unspecified atom stereocenters. The van der Waals surface area contributed by atoms with Crippen LogP contribution in [0.2, 0.25) is 0 Å². The number of tetrazole rings is 1. The lowest BCUT2D eigenvalue weighted by Crippen LogP contribution is -2.30. The molecule has 7 nitrogen and oxygen atoms in total. The van der Waals surface area contributed by atoms with E-state index in [9.17, 15) is 4.79 Å². The number of rotatable bonds is 5. The number of fused-ring (bicyclic) bond motifs is 1. The van der Waals surface area contributed by atoms with E-state index >= 15 is 0 Å². The van der Waals surface area contributed by atoms with Crippen molar-refractivity contribution in [2.75, 3.05) is 0 Å². The molecule has 0 saturated carbocycles. The number of aryl methyl sites for hydroxylation is 3. The Hall–Kier alpha value is -1.83. The molecule has 0 spiro atoms. The number of amides is 1. The molecule has 8 heteroatoms. The molecule has 2 aromatic rings. The summed E-state index contributed by atoms with van der Waals surface area (Å²) in [7, 11) is 0. The maximum atomic E-state index is 12.6. The van der Waals surface area contributed by atoms with E-state index in [1.165, 1.54) is 0 Å². The molecule has 1 amide bonds. The molecule has 0 aliphatic carbocycles. The van der Waals surface area contributed by atoms with E-state index in [2.05, 4.69) is 32.7 Å². The van der Waals surface area contributed by atoms with Crippen molar-refractivity contribution in [3.63, 3.8) is 0 Å². The van der Waals surface area contributed by atoms with Crippen molar-refractivity contribution in [2.45, 2.75) is 65.0 Å². The van der Waals surface area contributed by atoms with Gasteiger partial charge in [0, 0.05) is 11.4 Å². The van der Waals surface area contributed by atoms with E-state index < -0.39 is 0 Å². The summed E-state index contributed by atoms with van der Waals surface area (Å²) in [6.07, 6.45) is 4.90. The third kappa shape index (κ3) is 3.57. The van der Waals surface area contributed by atoms with Crippen LogP contribution < -0.4 is 5.32 Å². The Morgan fingerprint density at radius 3 is 3.13 bits per heavy atom. The van der Waals surface area contributed by atoms with Gasteiger partial charge in [-0.05, 0) is 43.0 Å². The monoisotopic (exact) mass is 334 g/mol. The Labute approximate surface area is 139 Å². The lowest BCUT2D eigenvalue weighted by Gasteiger charge is -2.13. The quantitative estimate of drug-likeness (QED) is 0.903. The van der Waals surface area contributed by atoms with Crippen molar-refractivity contribution in [3.05, 3.63) is 21.4 Å². The van der Waals surface area contributed by atoms with Crippen LogP contribution in [0, 0.1) is 6.92 Å². The molecule has 1 aliphatic heterocycles. The molecular formula is C15H22N6OS. The molecular weight excluding hydrogens is 312 g/mol. The zero-order valence-corrected chi connectivity index (χ0v) is 14.4. The minimum atomic E-state index is -0.254. The van der Waals surface area contributed by atoms with Crippen LogP contribution in [-0.4, -0.2) is 31.1 Å². The summed E-state index contributed by atoms with van der Waals surface area (Å²) in [5.74, 6) is 0.441. The standard InChI is InChI=1S/C15H22N6OS/c1-3-6-13-17-10(2)12(23-13)9-16-15(22)11-7-4-5-8-21-14(11)18-19-20-21/h11H,3-9H2,1-2H3,(H,16,22)/t11-/m0/s1. The van der Waals surface area contributed by atoms with E-state index in [-0.39, 0.29) is 11.8 Å². The molecule has 23 heavy (non-hydrogen) atoms. The Bertz CT molecular complexity index is 679. The van der Waals surface area contributed by atoms with Gasteiger partial charge in [0.05, 0.1) is 23.2 Å². The molecule has 0 saturated heterocycles. The van der Waals surface area contributed by atoms with Gasteiger partial charge in [-0.3, -0.25) is 4.79 Å². The second-order valence-electron chi connectivity index (χ2n) is 5.89. The molecule has 1 aliphatic rings. The van der Waals surface area contributed by atoms with Crippen molar-refractivity contribution < 1.29 is 4.79 Å². The first-order valence-electron chi connectivity index (χ1n) is 8.18. The van der Waals surface area contributed by atoms with Crippen molar-refractivity contribution in [1.29, 1.82) is 0 Å². The highest BCUT2D eigenvalue weighted by atomic mass is 32.1. The first-order valence-corrected chi connectivity index (χ1v) is 8.99. The lowest BCUT2D eigenvalue weighted by atomic mass is 10.0. The fourth-order valence-corrected chi connectivity index (χ4v) is 3.98. The number of aromatic nitrogens is 5. The van der Waals surface area contributed by atoms with Gasteiger partial charge in [-0.15, -0.1) is 16.4 Å². The number of thiazole rings is 1. The van der Waals surface area contributed by atoms with Crippen LogP contribution in [0.15, 0.2) is 0 Å². The molecule has 3 heterocycles. The summed E-state index contributed by atoms with van der Waals surface area (Å²) in [6, 6.07) is 0. The number of carbonyl (C=O) groups is 1. The van der Waals surface area contributed by atoms with Crippen LogP contribution in [0.1, 0.15) is 59.9 Å². The maximum Gasteiger partial charge on any atom is 0.231 e. The van der Waals surface area contributed by atoms with Crippen molar-refractivity contribution in [2.24, 2.45) is 0 Å². The van der Waals surface area contributed by atoms with Crippen LogP contribution in [0.4, 0.5) is 0 Å². The second kappa shape index (κ2) is 7.16. The van der Waals surface area contributed by atoms with Crippen molar-refractivity contribution in [3.8, 4) is 0 Å². The zero-order valence-electron chi connectivity index (χ0n) is 13.6. The van der Waals surface area contributed by atoms with E-state index in [4.69, 9.17) is 0 Å². The summed E-state index contributed by atoms with van der Waals surface area (Å²) >= 11 is 1.69. The van der Waals surface area contributed by atoms with Gasteiger partial charge >= 0.3 is 0 Å². The van der Waals surface area contributed by atoms with Gasteiger partial charge in [0.1, 0.15) is 0 Å². The number of hydrogen-bond acceptors (Lipinski definition) is 6. The van der Waals surface area contributed by atoms with Crippen LogP contribution in [-0.2, 0) is 24.3 Å². The number of hydrogen-bond donors (Lipinski definition) is 1. The molecule has 1 N–H and O–H groups in total. The molecule has 0 fully saturated rings. The highest BCUT2D eigenvalue weighted by Crippen LogP contribution is 2.25. The van der Waals surface area contributed by atoms with E-state index in [0.717, 1.165) is 54.2 Å². The Morgan fingerprint density at radius 2 is 2.30 bits per heavy atom. The minimum Gasteiger partial charge on any atom is -0.351 e. The Kier molecular flexibility index (Phi) is 5.00. The summed E-state index contributed by atoms with van der Waals surface area (Å²) in [6.45, 7) is 5.47. The maximum absolute atomic E-state index is 12.6. The van der Waals surface area contributed by atoms with E-state index in [1.54, 1.807) is 16.0 Å². The van der Waals surface area contributed by atoms with Gasteiger partial charge < -0.3 is 5.32 Å². The minimum absolute atomic E-state index is 0.00721. The summed E-state index contributed by atoms with van der Waals surface area (Å²) < 4.78 is 1.76. The smallest absolute Gasteiger partial charge is 0.231 e. The SMILES string of the molecule is CCCc1nc(C)c(CNC(=O)[C@H]2CCCCn3nnnc32)s1. The highest BCUT2D eigenvalue weighted by molar-refractivity contribution is 7.11. The van der Waals surface area contributed by atoms with E-state index in [0.29, 0.717) is 12.4 Å². The van der Waals surface area contributed by atoms with Crippen LogP contribution >= 0.6 is 11.3 Å². The molecule has 0 aromatic carbocycles. The predicted octanol–water partition coefficient (Wildman–Crippen LogP) is 1.97. The normalized spacial score (nSPS) is 17.6. The first-order chi connectivity index (χ1) is 11.2. The summed E-state index contributed by atoms with van der Waals surface area (Å²) in [5, 5.41) is 15.9. The fourth-order valence-electron chi connectivity index (χ4n) is 2.87. The molecule has 2 aromatic heterocycles. The Morgan fingerprint density at radius 1 is 1.43 bits per heavy atom. The van der Waals surface area contributed by atoms with Crippen LogP contribution in [0.5, 0.6) is 0 Å². The number of nitrogens with one attached hydrogen (secondary N) is 1.